The van der Waals surface area contributed by atoms with Crippen LogP contribution in [0, 0.1) is 6.92 Å². The second-order valence-electron chi connectivity index (χ2n) is 3.13. The summed E-state index contributed by atoms with van der Waals surface area (Å²) in [4.78, 5) is 18.7. The van der Waals surface area contributed by atoms with Gasteiger partial charge in [0, 0.05) is 18.3 Å². The number of carbonyl (C=O) groups excluding carboxylic acids is 1. The Morgan fingerprint density at radius 1 is 1.73 bits per heavy atom. The van der Waals surface area contributed by atoms with Crippen LogP contribution in [0.4, 0.5) is 4.79 Å². The van der Waals surface area contributed by atoms with Crippen molar-refractivity contribution in [3.05, 3.63) is 18.1 Å². The smallest absolute Gasteiger partial charge is 0.392 e. The second kappa shape index (κ2) is 5.26. The Balaban J connectivity index is 2.48. The molecule has 1 unspecified atom stereocenters. The zero-order chi connectivity index (χ0) is 11.3. The number of aromatic nitrogens is 2. The molecular weight excluding hydrogens is 198 g/mol. The minimum absolute atomic E-state index is 0.142. The summed E-state index contributed by atoms with van der Waals surface area (Å²) in [5, 5.41) is 11.3. The van der Waals surface area contributed by atoms with Gasteiger partial charge in [0.2, 0.25) is 5.88 Å². The topological polar surface area (TPSA) is 84.3 Å². The maximum Gasteiger partial charge on any atom is 0.414 e. The average molecular weight is 211 g/mol. The van der Waals surface area contributed by atoms with Crippen LogP contribution in [0.15, 0.2) is 12.5 Å². The highest BCUT2D eigenvalue weighted by Gasteiger charge is 2.08. The fourth-order valence-electron chi connectivity index (χ4n) is 0.850. The van der Waals surface area contributed by atoms with Gasteiger partial charge in [-0.2, -0.15) is 0 Å². The van der Waals surface area contributed by atoms with Gasteiger partial charge in [0.15, 0.2) is 0 Å². The van der Waals surface area contributed by atoms with Crippen molar-refractivity contribution in [2.75, 3.05) is 6.54 Å². The molecule has 1 aromatic heterocycles. The van der Waals surface area contributed by atoms with Gasteiger partial charge in [0.25, 0.3) is 0 Å². The molecule has 1 amide bonds. The SMILES string of the molecule is Cc1cncnc1OC(=O)NCC(C)O. The number of nitrogens with one attached hydrogen (secondary N) is 1. The molecule has 0 saturated heterocycles. The normalized spacial score (nSPS) is 11.9. The van der Waals surface area contributed by atoms with Gasteiger partial charge in [-0.25, -0.2) is 14.8 Å². The van der Waals surface area contributed by atoms with E-state index < -0.39 is 12.2 Å². The molecule has 1 aromatic rings. The molecule has 0 radical (unpaired) electrons. The van der Waals surface area contributed by atoms with E-state index >= 15 is 0 Å². The largest absolute Gasteiger partial charge is 0.414 e. The van der Waals surface area contributed by atoms with Gasteiger partial charge < -0.3 is 15.2 Å². The number of nitrogens with zero attached hydrogens (tertiary/aromatic N) is 2. The lowest BCUT2D eigenvalue weighted by molar-refractivity contribution is 0.171. The number of ether oxygens (including phenoxy) is 1. The molecule has 0 spiro atoms. The first kappa shape index (κ1) is 11.4. The van der Waals surface area contributed by atoms with E-state index in [0.717, 1.165) is 0 Å². The summed E-state index contributed by atoms with van der Waals surface area (Å²) in [5.41, 5.74) is 0.671. The highest BCUT2D eigenvalue weighted by molar-refractivity contribution is 5.70. The first-order valence-corrected chi connectivity index (χ1v) is 4.50. The molecule has 82 valence electrons. The van der Waals surface area contributed by atoms with Gasteiger partial charge in [-0.3, -0.25) is 0 Å². The molecule has 0 bridgehead atoms. The molecule has 0 aliphatic heterocycles. The van der Waals surface area contributed by atoms with Crippen LogP contribution >= 0.6 is 0 Å². The lowest BCUT2D eigenvalue weighted by atomic mass is 10.4. The van der Waals surface area contributed by atoms with Gasteiger partial charge in [0.1, 0.15) is 6.33 Å². The molecule has 1 atom stereocenters. The van der Waals surface area contributed by atoms with Crippen molar-refractivity contribution in [3.63, 3.8) is 0 Å². The van der Waals surface area contributed by atoms with E-state index in [-0.39, 0.29) is 12.4 Å². The molecule has 0 aromatic carbocycles. The number of rotatable bonds is 3. The zero-order valence-electron chi connectivity index (χ0n) is 8.60. The van der Waals surface area contributed by atoms with E-state index in [2.05, 4.69) is 15.3 Å². The van der Waals surface area contributed by atoms with E-state index in [1.807, 2.05) is 0 Å². The van der Waals surface area contributed by atoms with Crippen molar-refractivity contribution in [3.8, 4) is 5.88 Å². The van der Waals surface area contributed by atoms with Crippen LogP contribution in [0.2, 0.25) is 0 Å². The summed E-state index contributed by atoms with van der Waals surface area (Å²) in [5.74, 6) is 0.216. The van der Waals surface area contributed by atoms with Crippen molar-refractivity contribution in [1.29, 1.82) is 0 Å². The predicted octanol–water partition coefficient (Wildman–Crippen LogP) is 0.254. The zero-order valence-corrected chi connectivity index (χ0v) is 8.60. The highest BCUT2D eigenvalue weighted by Crippen LogP contribution is 2.10. The number of amides is 1. The fourth-order valence-corrected chi connectivity index (χ4v) is 0.850. The number of aliphatic hydroxyl groups excluding tert-OH is 1. The standard InChI is InChI=1S/C9H13N3O3/c1-6-3-10-5-12-8(6)15-9(14)11-4-7(2)13/h3,5,7,13H,4H2,1-2H3,(H,11,14). The Labute approximate surface area is 87.3 Å². The minimum atomic E-state index is -0.641. The number of hydrogen-bond donors (Lipinski definition) is 2. The molecule has 2 N–H and O–H groups in total. The summed E-state index contributed by atoms with van der Waals surface area (Å²) in [6, 6.07) is 0. The molecule has 1 heterocycles. The summed E-state index contributed by atoms with van der Waals surface area (Å²) in [6.07, 6.45) is 1.59. The van der Waals surface area contributed by atoms with Gasteiger partial charge in [-0.05, 0) is 13.8 Å². The van der Waals surface area contributed by atoms with Crippen LogP contribution in [0.25, 0.3) is 0 Å². The number of aliphatic hydroxyl groups is 1. The first-order chi connectivity index (χ1) is 7.09. The first-order valence-electron chi connectivity index (χ1n) is 4.50. The summed E-state index contributed by atoms with van der Waals surface area (Å²) in [6.45, 7) is 3.44. The third-order valence-corrected chi connectivity index (χ3v) is 1.58. The fraction of sp³-hybridized carbons (Fsp3) is 0.444. The third kappa shape index (κ3) is 3.90. The number of carbonyl (C=O) groups is 1. The summed E-state index contributed by atoms with van der Waals surface area (Å²) in [7, 11) is 0. The van der Waals surface area contributed by atoms with Gasteiger partial charge in [-0.15, -0.1) is 0 Å². The monoisotopic (exact) mass is 211 g/mol. The molecule has 15 heavy (non-hydrogen) atoms. The molecular formula is C9H13N3O3. The van der Waals surface area contributed by atoms with Crippen molar-refractivity contribution >= 4 is 6.09 Å². The van der Waals surface area contributed by atoms with E-state index in [9.17, 15) is 4.79 Å². The van der Waals surface area contributed by atoms with Crippen LogP contribution in [0.1, 0.15) is 12.5 Å². The van der Waals surface area contributed by atoms with E-state index in [1.165, 1.54) is 6.33 Å². The highest BCUT2D eigenvalue weighted by atomic mass is 16.6. The average Bonchev–Trinajstić information content (AvgIpc) is 2.18. The molecule has 6 heteroatoms. The lowest BCUT2D eigenvalue weighted by Gasteiger charge is -2.08. The van der Waals surface area contributed by atoms with Crippen molar-refractivity contribution < 1.29 is 14.6 Å². The van der Waals surface area contributed by atoms with Crippen LogP contribution in [0.3, 0.4) is 0 Å². The van der Waals surface area contributed by atoms with Gasteiger partial charge >= 0.3 is 6.09 Å². The molecule has 0 aliphatic carbocycles. The Morgan fingerprint density at radius 2 is 2.47 bits per heavy atom. The second-order valence-corrected chi connectivity index (χ2v) is 3.13. The number of hydrogen-bond acceptors (Lipinski definition) is 5. The summed E-state index contributed by atoms with van der Waals surface area (Å²) >= 11 is 0. The Hall–Kier alpha value is -1.69. The van der Waals surface area contributed by atoms with E-state index in [1.54, 1.807) is 20.0 Å². The maximum absolute atomic E-state index is 11.2. The third-order valence-electron chi connectivity index (χ3n) is 1.58. The van der Waals surface area contributed by atoms with E-state index in [4.69, 9.17) is 9.84 Å². The Morgan fingerprint density at radius 3 is 3.07 bits per heavy atom. The maximum atomic E-state index is 11.2. The lowest BCUT2D eigenvalue weighted by Crippen LogP contribution is -2.33. The quantitative estimate of drug-likeness (QED) is 0.748. The van der Waals surface area contributed by atoms with Gasteiger partial charge in [-0.1, -0.05) is 0 Å². The van der Waals surface area contributed by atoms with Gasteiger partial charge in [0.05, 0.1) is 6.10 Å². The van der Waals surface area contributed by atoms with Crippen LogP contribution in [0.5, 0.6) is 5.88 Å². The Kier molecular flexibility index (Phi) is 3.99. The molecule has 0 fully saturated rings. The van der Waals surface area contributed by atoms with Crippen molar-refractivity contribution in [1.82, 2.24) is 15.3 Å². The number of aryl methyl sites for hydroxylation is 1. The minimum Gasteiger partial charge on any atom is -0.392 e. The molecule has 1 rings (SSSR count). The van der Waals surface area contributed by atoms with Crippen LogP contribution < -0.4 is 10.1 Å². The van der Waals surface area contributed by atoms with Crippen molar-refractivity contribution in [2.45, 2.75) is 20.0 Å². The van der Waals surface area contributed by atoms with Crippen LogP contribution in [-0.2, 0) is 0 Å². The predicted molar refractivity (Wildman–Crippen MR) is 52.5 cm³/mol. The van der Waals surface area contributed by atoms with Crippen LogP contribution in [-0.4, -0.2) is 33.8 Å². The molecule has 0 saturated carbocycles. The van der Waals surface area contributed by atoms with Crippen molar-refractivity contribution in [2.24, 2.45) is 0 Å². The summed E-state index contributed by atoms with van der Waals surface area (Å²) < 4.78 is 4.88. The van der Waals surface area contributed by atoms with E-state index in [0.29, 0.717) is 5.56 Å². The molecule has 6 nitrogen and oxygen atoms in total. The molecule has 0 aliphatic rings. The Bertz CT molecular complexity index is 341.